The van der Waals surface area contributed by atoms with Crippen LogP contribution in [-0.4, -0.2) is 30.0 Å². The van der Waals surface area contributed by atoms with Gasteiger partial charge in [-0.25, -0.2) is 4.39 Å². The maximum atomic E-state index is 14.6. The van der Waals surface area contributed by atoms with Crippen LogP contribution in [0.5, 0.6) is 0 Å². The number of ether oxygens (including phenoxy) is 2. The van der Waals surface area contributed by atoms with Gasteiger partial charge < -0.3 is 14.4 Å². The molecular formula is C27H26Cl2FNO3. The van der Waals surface area contributed by atoms with Crippen molar-refractivity contribution in [3.05, 3.63) is 105 Å². The molecule has 0 bridgehead atoms. The van der Waals surface area contributed by atoms with Gasteiger partial charge in [0, 0.05) is 30.5 Å². The van der Waals surface area contributed by atoms with Crippen LogP contribution in [0.3, 0.4) is 0 Å². The molecule has 2 atom stereocenters. The second-order valence-corrected chi connectivity index (χ2v) is 9.24. The first-order chi connectivity index (χ1) is 16.4. The molecule has 0 aliphatic carbocycles. The van der Waals surface area contributed by atoms with Crippen LogP contribution >= 0.6 is 23.2 Å². The second-order valence-electron chi connectivity index (χ2n) is 8.40. The fraction of sp³-hybridized carbons (Fsp3) is 0.296. The number of carbonyl (C=O) groups is 1. The summed E-state index contributed by atoms with van der Waals surface area (Å²) in [6.07, 6.45) is -0.0302. The fourth-order valence-electron chi connectivity index (χ4n) is 4.32. The van der Waals surface area contributed by atoms with Crippen molar-refractivity contribution in [2.45, 2.75) is 38.3 Å². The van der Waals surface area contributed by atoms with Gasteiger partial charge in [-0.3, -0.25) is 4.79 Å². The number of hydrogen-bond donors (Lipinski definition) is 0. The average Bonchev–Trinajstić information content (AvgIpc) is 2.85. The van der Waals surface area contributed by atoms with Gasteiger partial charge in [-0.05, 0) is 29.3 Å². The number of benzene rings is 3. The number of halogens is 3. The monoisotopic (exact) mass is 501 g/mol. The number of rotatable bonds is 7. The lowest BCUT2D eigenvalue weighted by atomic mass is 9.81. The summed E-state index contributed by atoms with van der Waals surface area (Å²) in [6.45, 7) is 2.71. The number of amides is 1. The summed E-state index contributed by atoms with van der Waals surface area (Å²) in [5.41, 5.74) is 1.40. The molecule has 4 nitrogen and oxygen atoms in total. The van der Waals surface area contributed by atoms with Crippen molar-refractivity contribution in [1.82, 2.24) is 4.90 Å². The second kappa shape index (κ2) is 10.9. The maximum absolute atomic E-state index is 14.6. The number of carbonyl (C=O) groups excluding carboxylic acids is 1. The van der Waals surface area contributed by atoms with Gasteiger partial charge in [0.2, 0.25) is 5.91 Å². The maximum Gasteiger partial charge on any atom is 0.219 e. The standard InChI is InChI=1S/C27H26Cl2FNO3/c1-19(32)31-15-14-27(22-10-12-23(28)13-11-22,34-17-20-6-3-2-4-7-20)25(16-31)33-18-21-8-5-9-24(29)26(21)30/h2-13,25H,14-18H2,1H3. The Morgan fingerprint density at radius 2 is 1.76 bits per heavy atom. The van der Waals surface area contributed by atoms with Crippen LogP contribution < -0.4 is 0 Å². The Hall–Kier alpha value is -2.44. The van der Waals surface area contributed by atoms with E-state index in [0.717, 1.165) is 11.1 Å². The molecular weight excluding hydrogens is 476 g/mol. The highest BCUT2D eigenvalue weighted by Gasteiger charge is 2.47. The highest BCUT2D eigenvalue weighted by Crippen LogP contribution is 2.40. The van der Waals surface area contributed by atoms with Crippen LogP contribution in [-0.2, 0) is 33.1 Å². The van der Waals surface area contributed by atoms with Crippen LogP contribution in [0.2, 0.25) is 10.0 Å². The summed E-state index contributed by atoms with van der Waals surface area (Å²) in [5, 5.41) is 0.654. The van der Waals surface area contributed by atoms with Gasteiger partial charge in [-0.1, -0.05) is 77.8 Å². The van der Waals surface area contributed by atoms with Crippen LogP contribution in [0.25, 0.3) is 0 Å². The third-order valence-corrected chi connectivity index (χ3v) is 6.79. The van der Waals surface area contributed by atoms with Gasteiger partial charge >= 0.3 is 0 Å². The molecule has 0 N–H and O–H groups in total. The Bertz CT molecular complexity index is 1130. The van der Waals surface area contributed by atoms with Gasteiger partial charge in [0.05, 0.1) is 24.8 Å². The molecule has 1 amide bonds. The quantitative estimate of drug-likeness (QED) is 0.376. The number of hydrogen-bond acceptors (Lipinski definition) is 3. The van der Waals surface area contributed by atoms with E-state index in [4.69, 9.17) is 32.7 Å². The lowest BCUT2D eigenvalue weighted by Gasteiger charge is -2.47. The van der Waals surface area contributed by atoms with E-state index in [-0.39, 0.29) is 17.5 Å². The van der Waals surface area contributed by atoms with Gasteiger partial charge in [-0.15, -0.1) is 0 Å². The third-order valence-electron chi connectivity index (χ3n) is 6.25. The smallest absolute Gasteiger partial charge is 0.219 e. The number of piperidine rings is 1. The lowest BCUT2D eigenvalue weighted by Crippen LogP contribution is -2.56. The van der Waals surface area contributed by atoms with Crippen LogP contribution in [0.1, 0.15) is 30.0 Å². The topological polar surface area (TPSA) is 38.8 Å². The van der Waals surface area contributed by atoms with E-state index in [9.17, 15) is 9.18 Å². The molecule has 34 heavy (non-hydrogen) atoms. The van der Waals surface area contributed by atoms with E-state index in [1.165, 1.54) is 13.0 Å². The van der Waals surface area contributed by atoms with E-state index in [1.807, 2.05) is 54.6 Å². The van der Waals surface area contributed by atoms with Gasteiger partial charge in [0.15, 0.2) is 0 Å². The zero-order valence-corrected chi connectivity index (χ0v) is 20.4. The third kappa shape index (κ3) is 5.44. The highest BCUT2D eigenvalue weighted by molar-refractivity contribution is 6.31. The summed E-state index contributed by atoms with van der Waals surface area (Å²) < 4.78 is 27.5. The van der Waals surface area contributed by atoms with Crippen molar-refractivity contribution in [1.29, 1.82) is 0 Å². The van der Waals surface area contributed by atoms with E-state index >= 15 is 0 Å². The molecule has 3 aromatic rings. The summed E-state index contributed by atoms with van der Waals surface area (Å²) >= 11 is 12.1. The largest absolute Gasteiger partial charge is 0.368 e. The normalized spacial score (nSPS) is 20.4. The Kier molecular flexibility index (Phi) is 7.89. The van der Waals surface area contributed by atoms with E-state index in [2.05, 4.69) is 0 Å². The van der Waals surface area contributed by atoms with E-state index in [1.54, 1.807) is 17.0 Å². The SMILES string of the molecule is CC(=O)N1CCC(OCc2ccccc2)(c2ccc(Cl)cc2)C(OCc2cccc(Cl)c2F)C1. The summed E-state index contributed by atoms with van der Waals surface area (Å²) in [4.78, 5) is 14.0. The molecule has 1 heterocycles. The van der Waals surface area contributed by atoms with E-state index in [0.29, 0.717) is 36.7 Å². The molecule has 1 aliphatic rings. The first-order valence-corrected chi connectivity index (χ1v) is 11.9. The highest BCUT2D eigenvalue weighted by atomic mass is 35.5. The van der Waals surface area contributed by atoms with Crippen molar-refractivity contribution >= 4 is 29.1 Å². The first kappa shape index (κ1) is 24.7. The van der Waals surface area contributed by atoms with Crippen LogP contribution in [0, 0.1) is 5.82 Å². The molecule has 1 saturated heterocycles. The molecule has 3 aromatic carbocycles. The molecule has 1 aliphatic heterocycles. The lowest BCUT2D eigenvalue weighted by molar-refractivity contribution is -0.195. The Labute approximate surface area is 209 Å². The zero-order valence-electron chi connectivity index (χ0n) is 18.8. The molecule has 0 spiro atoms. The van der Waals surface area contributed by atoms with Crippen molar-refractivity contribution in [2.75, 3.05) is 13.1 Å². The van der Waals surface area contributed by atoms with Crippen LogP contribution in [0.15, 0.2) is 72.8 Å². The predicted octanol–water partition coefficient (Wildman–Crippen LogP) is 6.38. The number of nitrogens with zero attached hydrogens (tertiary/aromatic N) is 1. The van der Waals surface area contributed by atoms with Crippen molar-refractivity contribution in [2.24, 2.45) is 0 Å². The minimum atomic E-state index is -0.860. The molecule has 7 heteroatoms. The summed E-state index contributed by atoms with van der Waals surface area (Å²) in [7, 11) is 0. The molecule has 0 aromatic heterocycles. The van der Waals surface area contributed by atoms with Crippen molar-refractivity contribution < 1.29 is 18.7 Å². The Morgan fingerprint density at radius 3 is 2.47 bits per heavy atom. The molecule has 4 rings (SSSR count). The van der Waals surface area contributed by atoms with Gasteiger partial charge in [0.25, 0.3) is 0 Å². The van der Waals surface area contributed by atoms with Crippen molar-refractivity contribution in [3.8, 4) is 0 Å². The molecule has 178 valence electrons. The van der Waals surface area contributed by atoms with E-state index < -0.39 is 17.5 Å². The van der Waals surface area contributed by atoms with Crippen LogP contribution in [0.4, 0.5) is 4.39 Å². The Balaban J connectivity index is 1.69. The predicted molar refractivity (Wildman–Crippen MR) is 131 cm³/mol. The minimum Gasteiger partial charge on any atom is -0.368 e. The average molecular weight is 502 g/mol. The molecule has 2 unspecified atom stereocenters. The van der Waals surface area contributed by atoms with Gasteiger partial charge in [-0.2, -0.15) is 0 Å². The zero-order chi connectivity index (χ0) is 24.1. The molecule has 0 saturated carbocycles. The summed E-state index contributed by atoms with van der Waals surface area (Å²) in [6, 6.07) is 22.2. The minimum absolute atomic E-state index is 0.00710. The Morgan fingerprint density at radius 1 is 1.03 bits per heavy atom. The van der Waals surface area contributed by atoms with Crippen molar-refractivity contribution in [3.63, 3.8) is 0 Å². The van der Waals surface area contributed by atoms with Gasteiger partial charge in [0.1, 0.15) is 17.5 Å². The molecule has 0 radical (unpaired) electrons. The summed E-state index contributed by atoms with van der Waals surface area (Å²) in [5.74, 6) is -0.555. The number of likely N-dealkylation sites (tertiary alicyclic amines) is 1. The first-order valence-electron chi connectivity index (χ1n) is 11.1. The fourth-order valence-corrected chi connectivity index (χ4v) is 4.64. The molecule has 1 fully saturated rings.